The SMILES string of the molecule is c1ccc(N(c2ccc(-c3ccc(-c4ccc5c(c4)c4cc(-c6ccc7c(c6)c6ccccc6n7-c6ccccc6)ccc4n5-c4ccccc4)cc3)cc2)c2cccc3c2oc2ccccc23)cc1. The number of benzene rings is 11. The lowest BCUT2D eigenvalue weighted by Gasteiger charge is -2.25. The maximum Gasteiger partial charge on any atom is 0.159 e. The number of hydrogen-bond donors (Lipinski definition) is 0. The van der Waals surface area contributed by atoms with Crippen molar-refractivity contribution in [2.75, 3.05) is 4.90 Å². The van der Waals surface area contributed by atoms with Crippen molar-refractivity contribution in [1.82, 2.24) is 9.13 Å². The predicted molar refractivity (Wildman–Crippen MR) is 293 cm³/mol. The van der Waals surface area contributed by atoms with Crippen molar-refractivity contribution in [3.8, 4) is 44.8 Å². The molecule has 14 aromatic rings. The first kappa shape index (κ1) is 39.8. The number of nitrogens with zero attached hydrogens (tertiary/aromatic N) is 3. The van der Waals surface area contributed by atoms with Crippen molar-refractivity contribution in [2.24, 2.45) is 0 Å². The van der Waals surface area contributed by atoms with E-state index in [9.17, 15) is 0 Å². The third-order valence-corrected chi connectivity index (χ3v) is 14.1. The van der Waals surface area contributed by atoms with Gasteiger partial charge in [0.05, 0.1) is 27.8 Å². The van der Waals surface area contributed by atoms with E-state index in [4.69, 9.17) is 4.42 Å². The Bertz CT molecular complexity index is 4260. The van der Waals surface area contributed by atoms with Gasteiger partial charge in [-0.2, -0.15) is 0 Å². The Morgan fingerprint density at radius 1 is 0.271 bits per heavy atom. The van der Waals surface area contributed by atoms with E-state index in [-0.39, 0.29) is 0 Å². The van der Waals surface area contributed by atoms with E-state index in [1.165, 1.54) is 65.9 Å². The molecule has 0 saturated heterocycles. The van der Waals surface area contributed by atoms with E-state index >= 15 is 0 Å². The summed E-state index contributed by atoms with van der Waals surface area (Å²) in [5.74, 6) is 0. The minimum Gasteiger partial charge on any atom is -0.454 e. The zero-order valence-electron chi connectivity index (χ0n) is 38.1. The molecule has 4 nitrogen and oxygen atoms in total. The zero-order valence-corrected chi connectivity index (χ0v) is 38.1. The molecule has 0 atom stereocenters. The summed E-state index contributed by atoms with van der Waals surface area (Å²) in [6.45, 7) is 0. The van der Waals surface area contributed by atoms with Gasteiger partial charge in [0.15, 0.2) is 5.58 Å². The molecule has 70 heavy (non-hydrogen) atoms. The van der Waals surface area contributed by atoms with Crippen LogP contribution in [-0.2, 0) is 0 Å². The fraction of sp³-hybridized carbons (Fsp3) is 0. The number of aromatic nitrogens is 2. The average molecular weight is 894 g/mol. The van der Waals surface area contributed by atoms with Crippen LogP contribution in [0.15, 0.2) is 265 Å². The van der Waals surface area contributed by atoms with Crippen LogP contribution in [0.1, 0.15) is 0 Å². The van der Waals surface area contributed by atoms with Gasteiger partial charge in [0.2, 0.25) is 0 Å². The molecule has 0 bridgehead atoms. The van der Waals surface area contributed by atoms with Gasteiger partial charge in [0.1, 0.15) is 5.58 Å². The molecule has 14 rings (SSSR count). The maximum absolute atomic E-state index is 6.53. The molecule has 328 valence electrons. The summed E-state index contributed by atoms with van der Waals surface area (Å²) in [5, 5.41) is 7.17. The van der Waals surface area contributed by atoms with Gasteiger partial charge in [-0.05, 0) is 137 Å². The van der Waals surface area contributed by atoms with Crippen molar-refractivity contribution >= 4 is 82.6 Å². The molecular weight excluding hydrogens is 851 g/mol. The number of fused-ring (bicyclic) bond motifs is 9. The quantitative estimate of drug-likeness (QED) is 0.152. The molecule has 0 radical (unpaired) electrons. The van der Waals surface area contributed by atoms with Crippen LogP contribution in [0.25, 0.3) is 110 Å². The number of furan rings is 1. The van der Waals surface area contributed by atoms with Crippen molar-refractivity contribution in [3.05, 3.63) is 261 Å². The number of hydrogen-bond acceptors (Lipinski definition) is 2. The van der Waals surface area contributed by atoms with E-state index < -0.39 is 0 Å². The lowest BCUT2D eigenvalue weighted by atomic mass is 9.98. The average Bonchev–Trinajstić information content (AvgIpc) is 4.10. The van der Waals surface area contributed by atoms with Gasteiger partial charge in [-0.3, -0.25) is 0 Å². The Hall–Kier alpha value is -9.38. The smallest absolute Gasteiger partial charge is 0.159 e. The molecule has 0 aliphatic carbocycles. The standard InChI is InChI=1S/C66H43N3O/c1-4-15-50(16-5-1)67(64-25-14-23-56-55-22-11-13-26-65(55)70-66(56)64)53-36-31-45(32-37-53)44-27-29-46(30-28-44)47-33-38-62-58(41-47)59-43-49(35-40-63(59)69(62)52-19-8-3-9-20-52)48-34-39-61-57(42-48)54-21-10-12-24-60(54)68(61)51-17-6-2-7-18-51/h1-43H. The summed E-state index contributed by atoms with van der Waals surface area (Å²) < 4.78 is 11.3. The molecule has 0 N–H and O–H groups in total. The lowest BCUT2D eigenvalue weighted by molar-refractivity contribution is 0.669. The van der Waals surface area contributed by atoms with Crippen LogP contribution in [0.2, 0.25) is 0 Å². The lowest BCUT2D eigenvalue weighted by Crippen LogP contribution is -2.10. The van der Waals surface area contributed by atoms with Crippen LogP contribution in [0.5, 0.6) is 0 Å². The summed E-state index contributed by atoms with van der Waals surface area (Å²) in [4.78, 5) is 2.29. The Morgan fingerprint density at radius 2 is 0.671 bits per heavy atom. The van der Waals surface area contributed by atoms with E-state index in [0.29, 0.717) is 0 Å². The van der Waals surface area contributed by atoms with E-state index in [1.807, 2.05) is 12.1 Å². The fourth-order valence-corrected chi connectivity index (χ4v) is 10.8. The molecule has 3 aromatic heterocycles. The molecule has 0 aliphatic heterocycles. The van der Waals surface area contributed by atoms with Crippen molar-refractivity contribution in [3.63, 3.8) is 0 Å². The summed E-state index contributed by atoms with van der Waals surface area (Å²) in [7, 11) is 0. The highest BCUT2D eigenvalue weighted by atomic mass is 16.3. The van der Waals surface area contributed by atoms with E-state index in [0.717, 1.165) is 61.5 Å². The predicted octanol–water partition coefficient (Wildman–Crippen LogP) is 18.3. The Balaban J connectivity index is 0.827. The second-order valence-electron chi connectivity index (χ2n) is 18.1. The Morgan fingerprint density at radius 3 is 1.26 bits per heavy atom. The molecule has 0 unspecified atom stereocenters. The summed E-state index contributed by atoms with van der Waals surface area (Å²) in [5.41, 5.74) is 19.0. The second-order valence-corrected chi connectivity index (χ2v) is 18.1. The summed E-state index contributed by atoms with van der Waals surface area (Å²) in [6, 6.07) is 94.0. The molecule has 0 spiro atoms. The largest absolute Gasteiger partial charge is 0.454 e. The highest BCUT2D eigenvalue weighted by Gasteiger charge is 2.20. The molecule has 0 saturated carbocycles. The number of para-hydroxylation sites is 6. The van der Waals surface area contributed by atoms with Crippen LogP contribution in [0.3, 0.4) is 0 Å². The summed E-state index contributed by atoms with van der Waals surface area (Å²) in [6.07, 6.45) is 0. The molecule has 0 fully saturated rings. The monoisotopic (exact) mass is 893 g/mol. The van der Waals surface area contributed by atoms with Crippen molar-refractivity contribution in [2.45, 2.75) is 0 Å². The summed E-state index contributed by atoms with van der Waals surface area (Å²) >= 11 is 0. The molecule has 3 heterocycles. The molecular formula is C66H43N3O. The Kier molecular flexibility index (Phi) is 9.17. The van der Waals surface area contributed by atoms with Crippen LogP contribution in [0.4, 0.5) is 17.1 Å². The molecule has 0 amide bonds. The first-order valence-electron chi connectivity index (χ1n) is 23.9. The number of rotatable bonds is 8. The third-order valence-electron chi connectivity index (χ3n) is 14.1. The van der Waals surface area contributed by atoms with Gasteiger partial charge >= 0.3 is 0 Å². The van der Waals surface area contributed by atoms with Crippen molar-refractivity contribution < 1.29 is 4.42 Å². The number of anilines is 3. The zero-order chi connectivity index (χ0) is 46.1. The van der Waals surface area contributed by atoms with Crippen molar-refractivity contribution in [1.29, 1.82) is 0 Å². The first-order chi connectivity index (χ1) is 34.7. The van der Waals surface area contributed by atoms with Gasteiger partial charge < -0.3 is 18.5 Å². The first-order valence-corrected chi connectivity index (χ1v) is 23.9. The van der Waals surface area contributed by atoms with Gasteiger partial charge in [0.25, 0.3) is 0 Å². The van der Waals surface area contributed by atoms with Gasteiger partial charge in [-0.15, -0.1) is 0 Å². The molecule has 4 heteroatoms. The van der Waals surface area contributed by atoms with E-state index in [2.05, 4.69) is 263 Å². The van der Waals surface area contributed by atoms with Crippen LogP contribution in [-0.4, -0.2) is 9.13 Å². The minimum absolute atomic E-state index is 0.872. The van der Waals surface area contributed by atoms with Gasteiger partial charge in [0, 0.05) is 55.1 Å². The highest BCUT2D eigenvalue weighted by molar-refractivity contribution is 6.14. The van der Waals surface area contributed by atoms with Crippen LogP contribution in [0, 0.1) is 0 Å². The third kappa shape index (κ3) is 6.46. The second kappa shape index (κ2) is 16.2. The van der Waals surface area contributed by atoms with E-state index in [1.54, 1.807) is 0 Å². The molecule has 0 aliphatic rings. The normalized spacial score (nSPS) is 11.7. The fourth-order valence-electron chi connectivity index (χ4n) is 10.8. The van der Waals surface area contributed by atoms with Crippen LogP contribution >= 0.6 is 0 Å². The minimum atomic E-state index is 0.872. The highest BCUT2D eigenvalue weighted by Crippen LogP contribution is 2.44. The Labute approximate surface area is 404 Å². The van der Waals surface area contributed by atoms with Crippen LogP contribution < -0.4 is 4.90 Å². The topological polar surface area (TPSA) is 26.2 Å². The van der Waals surface area contributed by atoms with Gasteiger partial charge in [-0.25, -0.2) is 0 Å². The maximum atomic E-state index is 6.53. The van der Waals surface area contributed by atoms with Gasteiger partial charge in [-0.1, -0.05) is 158 Å². The molecule has 11 aromatic carbocycles.